The van der Waals surface area contributed by atoms with Crippen LogP contribution in [0.15, 0.2) is 57.7 Å². The average Bonchev–Trinajstić information content (AvgIpc) is 2.56. The standard InChI is InChI=1S/C20H19NO4/c1-3-24-17-7-5-4-6-16(17)21-19(22)11-14-12-20(23)25-18-10-13(2)8-9-15(14)18/h4-10,12H,3,11H2,1-2H3,(H,21,22). The van der Waals surface area contributed by atoms with Gasteiger partial charge >= 0.3 is 5.63 Å². The molecule has 0 fully saturated rings. The number of aryl methyl sites for hydroxylation is 1. The maximum absolute atomic E-state index is 12.5. The van der Waals surface area contributed by atoms with Gasteiger partial charge in [0.1, 0.15) is 11.3 Å². The van der Waals surface area contributed by atoms with Crippen LogP contribution < -0.4 is 15.7 Å². The molecule has 0 bridgehead atoms. The first kappa shape index (κ1) is 16.8. The van der Waals surface area contributed by atoms with Crippen molar-refractivity contribution in [1.82, 2.24) is 0 Å². The van der Waals surface area contributed by atoms with Crippen LogP contribution in [0.1, 0.15) is 18.1 Å². The molecule has 25 heavy (non-hydrogen) atoms. The molecule has 128 valence electrons. The number of fused-ring (bicyclic) bond motifs is 1. The Morgan fingerprint density at radius 2 is 1.96 bits per heavy atom. The smallest absolute Gasteiger partial charge is 0.336 e. The molecule has 0 spiro atoms. The van der Waals surface area contributed by atoms with E-state index in [4.69, 9.17) is 9.15 Å². The maximum Gasteiger partial charge on any atom is 0.336 e. The number of carbonyl (C=O) groups is 1. The topological polar surface area (TPSA) is 68.5 Å². The highest BCUT2D eigenvalue weighted by Crippen LogP contribution is 2.24. The fraction of sp³-hybridized carbons (Fsp3) is 0.200. The highest BCUT2D eigenvalue weighted by molar-refractivity contribution is 5.96. The highest BCUT2D eigenvalue weighted by Gasteiger charge is 2.12. The first-order valence-electron chi connectivity index (χ1n) is 8.12. The first-order chi connectivity index (χ1) is 12.1. The number of hydrogen-bond donors (Lipinski definition) is 1. The zero-order valence-corrected chi connectivity index (χ0v) is 14.2. The molecule has 0 aliphatic heterocycles. The predicted octanol–water partition coefficient (Wildman–Crippen LogP) is 3.68. The molecule has 1 N–H and O–H groups in total. The van der Waals surface area contributed by atoms with Crippen LogP contribution in [-0.2, 0) is 11.2 Å². The fourth-order valence-electron chi connectivity index (χ4n) is 2.70. The second-order valence-corrected chi connectivity index (χ2v) is 5.74. The fourth-order valence-corrected chi connectivity index (χ4v) is 2.70. The van der Waals surface area contributed by atoms with Crippen molar-refractivity contribution < 1.29 is 13.9 Å². The quantitative estimate of drug-likeness (QED) is 0.721. The molecule has 0 atom stereocenters. The Kier molecular flexibility index (Phi) is 4.84. The van der Waals surface area contributed by atoms with Gasteiger partial charge in [0.05, 0.1) is 18.7 Å². The van der Waals surface area contributed by atoms with E-state index in [9.17, 15) is 9.59 Å². The molecule has 1 heterocycles. The second-order valence-electron chi connectivity index (χ2n) is 5.74. The third-order valence-corrected chi connectivity index (χ3v) is 3.80. The molecule has 1 amide bonds. The van der Waals surface area contributed by atoms with Crippen molar-refractivity contribution in [1.29, 1.82) is 0 Å². The molecule has 0 unspecified atom stereocenters. The summed E-state index contributed by atoms with van der Waals surface area (Å²) in [7, 11) is 0. The van der Waals surface area contributed by atoms with E-state index in [1.165, 1.54) is 6.07 Å². The lowest BCUT2D eigenvalue weighted by Crippen LogP contribution is -2.16. The lowest BCUT2D eigenvalue weighted by molar-refractivity contribution is -0.115. The van der Waals surface area contributed by atoms with Gasteiger partial charge in [0.15, 0.2) is 0 Å². The van der Waals surface area contributed by atoms with Crippen LogP contribution in [-0.4, -0.2) is 12.5 Å². The summed E-state index contributed by atoms with van der Waals surface area (Å²) in [5.41, 5.74) is 2.26. The van der Waals surface area contributed by atoms with Gasteiger partial charge in [-0.25, -0.2) is 4.79 Å². The van der Waals surface area contributed by atoms with Gasteiger partial charge < -0.3 is 14.5 Å². The SMILES string of the molecule is CCOc1ccccc1NC(=O)Cc1cc(=O)oc2cc(C)ccc12. The predicted molar refractivity (Wildman–Crippen MR) is 97.2 cm³/mol. The summed E-state index contributed by atoms with van der Waals surface area (Å²) in [6.07, 6.45) is 0.0750. The molecule has 3 rings (SSSR count). The van der Waals surface area contributed by atoms with Gasteiger partial charge in [-0.15, -0.1) is 0 Å². The minimum atomic E-state index is -0.462. The molecule has 0 radical (unpaired) electrons. The number of amides is 1. The Bertz CT molecular complexity index is 975. The van der Waals surface area contributed by atoms with Crippen LogP contribution in [0.25, 0.3) is 11.0 Å². The van der Waals surface area contributed by atoms with E-state index in [0.29, 0.717) is 29.2 Å². The van der Waals surface area contributed by atoms with Crippen molar-refractivity contribution in [3.05, 3.63) is 70.1 Å². The molecule has 0 aliphatic rings. The van der Waals surface area contributed by atoms with Gasteiger partial charge in [0.25, 0.3) is 0 Å². The number of hydrogen-bond acceptors (Lipinski definition) is 4. The summed E-state index contributed by atoms with van der Waals surface area (Å²) in [5.74, 6) is 0.394. The minimum absolute atomic E-state index is 0.0750. The lowest BCUT2D eigenvalue weighted by atomic mass is 10.1. The molecule has 3 aromatic rings. The van der Waals surface area contributed by atoms with Gasteiger partial charge in [0.2, 0.25) is 5.91 Å². The van der Waals surface area contributed by atoms with Crippen LogP contribution in [0.2, 0.25) is 0 Å². The van der Waals surface area contributed by atoms with E-state index in [2.05, 4.69) is 5.32 Å². The van der Waals surface area contributed by atoms with Gasteiger partial charge in [-0.1, -0.05) is 24.3 Å². The number of ether oxygens (including phenoxy) is 1. The molecule has 5 nitrogen and oxygen atoms in total. The number of benzene rings is 2. The molecule has 2 aromatic carbocycles. The van der Waals surface area contributed by atoms with Crippen molar-refractivity contribution in [2.75, 3.05) is 11.9 Å². The number of nitrogens with one attached hydrogen (secondary N) is 1. The Morgan fingerprint density at radius 1 is 1.16 bits per heavy atom. The van der Waals surface area contributed by atoms with Crippen LogP contribution in [0.3, 0.4) is 0 Å². The Hall–Kier alpha value is -3.08. The van der Waals surface area contributed by atoms with Gasteiger partial charge in [0, 0.05) is 11.5 Å². The molecule has 0 saturated heterocycles. The van der Waals surface area contributed by atoms with Gasteiger partial charge in [-0.05, 0) is 43.2 Å². The van der Waals surface area contributed by atoms with Crippen molar-refractivity contribution >= 4 is 22.6 Å². The molecular weight excluding hydrogens is 318 g/mol. The maximum atomic E-state index is 12.5. The van der Waals surface area contributed by atoms with Gasteiger partial charge in [-0.2, -0.15) is 0 Å². The Morgan fingerprint density at radius 3 is 2.76 bits per heavy atom. The molecule has 0 saturated carbocycles. The molecule has 1 aromatic heterocycles. The van der Waals surface area contributed by atoms with Crippen LogP contribution in [0.5, 0.6) is 5.75 Å². The second kappa shape index (κ2) is 7.21. The molecule has 0 aliphatic carbocycles. The number of para-hydroxylation sites is 2. The van der Waals surface area contributed by atoms with Crippen LogP contribution in [0, 0.1) is 6.92 Å². The highest BCUT2D eigenvalue weighted by atomic mass is 16.5. The normalized spacial score (nSPS) is 10.6. The average molecular weight is 337 g/mol. The zero-order chi connectivity index (χ0) is 17.8. The Balaban J connectivity index is 1.87. The summed E-state index contributed by atoms with van der Waals surface area (Å²) in [6, 6.07) is 14.2. The zero-order valence-electron chi connectivity index (χ0n) is 14.2. The van der Waals surface area contributed by atoms with E-state index < -0.39 is 5.63 Å². The van der Waals surface area contributed by atoms with Crippen molar-refractivity contribution in [2.24, 2.45) is 0 Å². The van der Waals surface area contributed by atoms with E-state index in [1.54, 1.807) is 18.2 Å². The summed E-state index contributed by atoms with van der Waals surface area (Å²) in [6.45, 7) is 4.32. The molecule has 5 heteroatoms. The monoisotopic (exact) mass is 337 g/mol. The number of anilines is 1. The lowest BCUT2D eigenvalue weighted by Gasteiger charge is -2.11. The summed E-state index contributed by atoms with van der Waals surface area (Å²) in [4.78, 5) is 24.2. The summed E-state index contributed by atoms with van der Waals surface area (Å²) in [5, 5.41) is 3.61. The summed E-state index contributed by atoms with van der Waals surface area (Å²) < 4.78 is 10.7. The number of carbonyl (C=O) groups excluding carboxylic acids is 1. The van der Waals surface area contributed by atoms with Crippen molar-refractivity contribution in [2.45, 2.75) is 20.3 Å². The van der Waals surface area contributed by atoms with E-state index in [-0.39, 0.29) is 12.3 Å². The Labute approximate surface area is 145 Å². The van der Waals surface area contributed by atoms with Gasteiger partial charge in [-0.3, -0.25) is 4.79 Å². The van der Waals surface area contributed by atoms with E-state index in [0.717, 1.165) is 10.9 Å². The summed E-state index contributed by atoms with van der Waals surface area (Å²) >= 11 is 0. The van der Waals surface area contributed by atoms with Crippen LogP contribution in [0.4, 0.5) is 5.69 Å². The third-order valence-electron chi connectivity index (χ3n) is 3.80. The third kappa shape index (κ3) is 3.88. The number of rotatable bonds is 5. The van der Waals surface area contributed by atoms with Crippen molar-refractivity contribution in [3.63, 3.8) is 0 Å². The largest absolute Gasteiger partial charge is 0.492 e. The first-order valence-corrected chi connectivity index (χ1v) is 8.12. The minimum Gasteiger partial charge on any atom is -0.492 e. The van der Waals surface area contributed by atoms with Crippen LogP contribution >= 0.6 is 0 Å². The molecular formula is C20H19NO4. The van der Waals surface area contributed by atoms with E-state index >= 15 is 0 Å². The van der Waals surface area contributed by atoms with Crippen molar-refractivity contribution in [3.8, 4) is 5.75 Å². The van der Waals surface area contributed by atoms with E-state index in [1.807, 2.05) is 38.1 Å².